The number of amides is 1. The molecule has 2 saturated heterocycles. The Labute approximate surface area is 182 Å². The molecule has 0 radical (unpaired) electrons. The van der Waals surface area contributed by atoms with Crippen LogP contribution in [0.1, 0.15) is 24.8 Å². The fraction of sp³-hybridized carbons (Fsp3) is 0.391. The largest absolute Gasteiger partial charge is 0.312 e. The van der Waals surface area contributed by atoms with Crippen LogP contribution < -0.4 is 4.90 Å². The van der Waals surface area contributed by atoms with Crippen molar-refractivity contribution in [1.82, 2.24) is 14.1 Å². The summed E-state index contributed by atoms with van der Waals surface area (Å²) in [5, 5.41) is 5.29. The Hall–Kier alpha value is -2.71. The monoisotopic (exact) mass is 438 g/mol. The van der Waals surface area contributed by atoms with Gasteiger partial charge in [-0.15, -0.1) is 0 Å². The standard InChI is InChI=1S/C23H26N4O3S/c1-17-5-3-4-6-21(17)31(29,30)26-12-9-23(10-13-26)11-14-27(22(23)28)19-7-8-20-18(15-19)16-24-25(20)2/h3-8,15-16H,9-14H2,1-2H3. The highest BCUT2D eigenvalue weighted by atomic mass is 32.2. The van der Waals surface area contributed by atoms with E-state index in [0.717, 1.165) is 28.6 Å². The molecule has 5 rings (SSSR count). The van der Waals surface area contributed by atoms with E-state index >= 15 is 0 Å². The van der Waals surface area contributed by atoms with Gasteiger partial charge in [-0.25, -0.2) is 8.42 Å². The van der Waals surface area contributed by atoms with E-state index < -0.39 is 15.4 Å². The van der Waals surface area contributed by atoms with Crippen LogP contribution in [0.25, 0.3) is 10.9 Å². The van der Waals surface area contributed by atoms with Crippen molar-refractivity contribution in [3.63, 3.8) is 0 Å². The molecule has 7 nitrogen and oxygen atoms in total. The van der Waals surface area contributed by atoms with Crippen molar-refractivity contribution < 1.29 is 13.2 Å². The van der Waals surface area contributed by atoms with Gasteiger partial charge in [-0.05, 0) is 56.0 Å². The Balaban J connectivity index is 1.34. The normalized spacial score (nSPS) is 19.5. The third kappa shape index (κ3) is 3.16. The number of rotatable bonds is 3. The van der Waals surface area contributed by atoms with E-state index in [9.17, 15) is 13.2 Å². The highest BCUT2D eigenvalue weighted by Crippen LogP contribution is 2.44. The number of aryl methyl sites for hydroxylation is 2. The Morgan fingerprint density at radius 1 is 1.00 bits per heavy atom. The van der Waals surface area contributed by atoms with Gasteiger partial charge in [-0.2, -0.15) is 9.40 Å². The quantitative estimate of drug-likeness (QED) is 0.630. The molecule has 2 aliphatic heterocycles. The fourth-order valence-corrected chi connectivity index (χ4v) is 6.66. The fourth-order valence-electron chi connectivity index (χ4n) is 4.99. The molecule has 0 saturated carbocycles. The number of piperidine rings is 1. The Kier molecular flexibility index (Phi) is 4.67. The number of nitrogens with zero attached hydrogens (tertiary/aromatic N) is 4. The second kappa shape index (κ2) is 7.17. The van der Waals surface area contributed by atoms with E-state index in [1.807, 2.05) is 60.1 Å². The van der Waals surface area contributed by atoms with Crippen molar-refractivity contribution >= 4 is 32.5 Å². The second-order valence-corrected chi connectivity index (χ2v) is 10.6. The lowest BCUT2D eigenvalue weighted by molar-refractivity contribution is -0.127. The van der Waals surface area contributed by atoms with Crippen LogP contribution in [0.15, 0.2) is 53.6 Å². The SMILES string of the molecule is Cc1ccccc1S(=O)(=O)N1CCC2(CCN(c3ccc4c(cnn4C)c3)C2=O)CC1. The third-order valence-corrected chi connectivity index (χ3v) is 9.00. The Morgan fingerprint density at radius 2 is 1.71 bits per heavy atom. The Bertz CT molecular complexity index is 1270. The van der Waals surface area contributed by atoms with Crippen molar-refractivity contribution in [3.8, 4) is 0 Å². The van der Waals surface area contributed by atoms with Gasteiger partial charge in [0.2, 0.25) is 15.9 Å². The highest BCUT2D eigenvalue weighted by Gasteiger charge is 2.50. The minimum atomic E-state index is -3.54. The van der Waals surface area contributed by atoms with Gasteiger partial charge in [-0.1, -0.05) is 18.2 Å². The highest BCUT2D eigenvalue weighted by molar-refractivity contribution is 7.89. The van der Waals surface area contributed by atoms with Gasteiger partial charge in [0.15, 0.2) is 0 Å². The van der Waals surface area contributed by atoms with Crippen molar-refractivity contribution in [2.75, 3.05) is 24.5 Å². The molecule has 31 heavy (non-hydrogen) atoms. The van der Waals surface area contributed by atoms with Crippen LogP contribution in [-0.4, -0.2) is 48.0 Å². The molecule has 3 heterocycles. The molecule has 0 aliphatic carbocycles. The summed E-state index contributed by atoms with van der Waals surface area (Å²) in [7, 11) is -1.65. The van der Waals surface area contributed by atoms with E-state index in [2.05, 4.69) is 5.10 Å². The van der Waals surface area contributed by atoms with Crippen molar-refractivity contribution in [2.24, 2.45) is 12.5 Å². The predicted octanol–water partition coefficient (Wildman–Crippen LogP) is 3.09. The van der Waals surface area contributed by atoms with Crippen molar-refractivity contribution in [1.29, 1.82) is 0 Å². The zero-order chi connectivity index (χ0) is 21.8. The van der Waals surface area contributed by atoms with E-state index in [4.69, 9.17) is 0 Å². The third-order valence-electron chi connectivity index (χ3n) is 6.95. The summed E-state index contributed by atoms with van der Waals surface area (Å²) in [5.41, 5.74) is 2.19. The lowest BCUT2D eigenvalue weighted by atomic mass is 9.77. The summed E-state index contributed by atoms with van der Waals surface area (Å²) in [6, 6.07) is 13.0. The van der Waals surface area contributed by atoms with E-state index in [-0.39, 0.29) is 5.91 Å². The van der Waals surface area contributed by atoms with Gasteiger partial charge in [-0.3, -0.25) is 9.48 Å². The van der Waals surface area contributed by atoms with Crippen LogP contribution in [0, 0.1) is 12.3 Å². The zero-order valence-corrected chi connectivity index (χ0v) is 18.6. The molecule has 3 aromatic rings. The molecule has 0 atom stereocenters. The predicted molar refractivity (Wildman–Crippen MR) is 119 cm³/mol. The average molecular weight is 439 g/mol. The summed E-state index contributed by atoms with van der Waals surface area (Å²) in [6.07, 6.45) is 3.68. The molecule has 2 aliphatic rings. The summed E-state index contributed by atoms with van der Waals surface area (Å²) in [6.45, 7) is 3.22. The summed E-state index contributed by atoms with van der Waals surface area (Å²) < 4.78 is 29.6. The molecule has 1 aromatic heterocycles. The van der Waals surface area contributed by atoms with Gasteiger partial charge >= 0.3 is 0 Å². The second-order valence-electron chi connectivity index (χ2n) is 8.67. The first kappa shape index (κ1) is 20.2. The maximum Gasteiger partial charge on any atom is 0.243 e. The molecule has 0 bridgehead atoms. The number of carbonyl (C=O) groups is 1. The van der Waals surface area contributed by atoms with E-state index in [1.54, 1.807) is 12.1 Å². The van der Waals surface area contributed by atoms with Gasteiger partial charge in [0.05, 0.1) is 22.0 Å². The van der Waals surface area contributed by atoms with Crippen molar-refractivity contribution in [3.05, 3.63) is 54.2 Å². The summed E-state index contributed by atoms with van der Waals surface area (Å²) >= 11 is 0. The van der Waals surface area contributed by atoms with E-state index in [0.29, 0.717) is 37.4 Å². The minimum Gasteiger partial charge on any atom is -0.312 e. The number of hydrogen-bond donors (Lipinski definition) is 0. The number of hydrogen-bond acceptors (Lipinski definition) is 4. The number of fused-ring (bicyclic) bond motifs is 1. The lowest BCUT2D eigenvalue weighted by Gasteiger charge is -2.37. The molecule has 8 heteroatoms. The molecule has 0 unspecified atom stereocenters. The van der Waals surface area contributed by atoms with E-state index in [1.165, 1.54) is 4.31 Å². The number of aromatic nitrogens is 2. The first-order chi connectivity index (χ1) is 14.8. The van der Waals surface area contributed by atoms with Crippen molar-refractivity contribution in [2.45, 2.75) is 31.1 Å². The average Bonchev–Trinajstić information content (AvgIpc) is 3.29. The van der Waals surface area contributed by atoms with Gasteiger partial charge in [0.25, 0.3) is 0 Å². The number of sulfonamides is 1. The number of anilines is 1. The van der Waals surface area contributed by atoms with Gasteiger partial charge < -0.3 is 4.90 Å². The van der Waals surface area contributed by atoms with Crippen LogP contribution in [0.4, 0.5) is 5.69 Å². The summed E-state index contributed by atoms with van der Waals surface area (Å²) in [5.74, 6) is 0.115. The minimum absolute atomic E-state index is 0.115. The lowest BCUT2D eigenvalue weighted by Crippen LogP contribution is -2.46. The maximum absolute atomic E-state index is 13.4. The topological polar surface area (TPSA) is 75.5 Å². The van der Waals surface area contributed by atoms with Gasteiger partial charge in [0.1, 0.15) is 0 Å². The maximum atomic E-state index is 13.4. The number of carbonyl (C=O) groups excluding carboxylic acids is 1. The molecule has 1 spiro atoms. The summed E-state index contributed by atoms with van der Waals surface area (Å²) in [4.78, 5) is 15.7. The van der Waals surface area contributed by atoms with Crippen LogP contribution in [0.2, 0.25) is 0 Å². The molecular weight excluding hydrogens is 412 g/mol. The smallest absolute Gasteiger partial charge is 0.243 e. The molecule has 162 valence electrons. The van der Waals surface area contributed by atoms with Crippen LogP contribution >= 0.6 is 0 Å². The first-order valence-corrected chi connectivity index (χ1v) is 12.1. The van der Waals surface area contributed by atoms with Crippen LogP contribution in [-0.2, 0) is 21.9 Å². The van der Waals surface area contributed by atoms with Crippen LogP contribution in [0.3, 0.4) is 0 Å². The molecular formula is C23H26N4O3S. The first-order valence-electron chi connectivity index (χ1n) is 10.6. The van der Waals surface area contributed by atoms with Crippen LogP contribution in [0.5, 0.6) is 0 Å². The molecule has 2 aromatic carbocycles. The molecule has 1 amide bonds. The molecule has 2 fully saturated rings. The number of benzene rings is 2. The van der Waals surface area contributed by atoms with Gasteiger partial charge in [0, 0.05) is 37.8 Å². The Morgan fingerprint density at radius 3 is 2.45 bits per heavy atom. The molecule has 0 N–H and O–H groups in total. The zero-order valence-electron chi connectivity index (χ0n) is 17.8.